The van der Waals surface area contributed by atoms with Gasteiger partial charge in [0.2, 0.25) is 11.8 Å². The van der Waals surface area contributed by atoms with Gasteiger partial charge in [0.15, 0.2) is 0 Å². The standard InChI is InChI=1S/C18H19FN2O2/c1-13-4-3-5-17(12-13)21(14(2)22)11-10-18(23)20-16-8-6-15(19)7-9-16/h3-9,12H,10-11H2,1-2H3,(H,20,23). The predicted octanol–water partition coefficient (Wildman–Crippen LogP) is 3.52. The van der Waals surface area contributed by atoms with Gasteiger partial charge in [-0.05, 0) is 48.9 Å². The van der Waals surface area contributed by atoms with E-state index in [0.29, 0.717) is 5.69 Å². The molecule has 0 radical (unpaired) electrons. The van der Waals surface area contributed by atoms with Crippen molar-refractivity contribution in [1.82, 2.24) is 0 Å². The topological polar surface area (TPSA) is 49.4 Å². The summed E-state index contributed by atoms with van der Waals surface area (Å²) in [7, 11) is 0. The SMILES string of the molecule is CC(=O)N(CCC(=O)Nc1ccc(F)cc1)c1cccc(C)c1. The zero-order valence-electron chi connectivity index (χ0n) is 13.2. The Labute approximate surface area is 134 Å². The van der Waals surface area contributed by atoms with Crippen LogP contribution in [0.15, 0.2) is 48.5 Å². The normalized spacial score (nSPS) is 10.2. The van der Waals surface area contributed by atoms with Crippen molar-refractivity contribution in [2.24, 2.45) is 0 Å². The fourth-order valence-corrected chi connectivity index (χ4v) is 2.23. The number of anilines is 2. The molecule has 2 rings (SSSR count). The largest absolute Gasteiger partial charge is 0.326 e. The summed E-state index contributed by atoms with van der Waals surface area (Å²) in [5.41, 5.74) is 2.35. The zero-order valence-corrected chi connectivity index (χ0v) is 13.2. The van der Waals surface area contributed by atoms with Gasteiger partial charge in [-0.15, -0.1) is 0 Å². The van der Waals surface area contributed by atoms with E-state index in [-0.39, 0.29) is 30.6 Å². The first-order chi connectivity index (χ1) is 11.0. The molecule has 120 valence electrons. The third-order valence-corrected chi connectivity index (χ3v) is 3.38. The smallest absolute Gasteiger partial charge is 0.226 e. The minimum Gasteiger partial charge on any atom is -0.326 e. The van der Waals surface area contributed by atoms with Crippen molar-refractivity contribution in [2.75, 3.05) is 16.8 Å². The fraction of sp³-hybridized carbons (Fsp3) is 0.222. The summed E-state index contributed by atoms with van der Waals surface area (Å²) < 4.78 is 12.8. The van der Waals surface area contributed by atoms with Gasteiger partial charge in [0.25, 0.3) is 0 Å². The molecule has 2 aromatic carbocycles. The van der Waals surface area contributed by atoms with Crippen molar-refractivity contribution >= 4 is 23.2 Å². The number of amides is 2. The molecule has 0 atom stereocenters. The third kappa shape index (κ3) is 4.92. The lowest BCUT2D eigenvalue weighted by atomic mass is 10.2. The van der Waals surface area contributed by atoms with Crippen molar-refractivity contribution in [1.29, 1.82) is 0 Å². The Bertz CT molecular complexity index is 698. The molecule has 0 spiro atoms. The van der Waals surface area contributed by atoms with E-state index in [4.69, 9.17) is 0 Å². The monoisotopic (exact) mass is 314 g/mol. The molecule has 0 saturated carbocycles. The molecule has 0 aromatic heterocycles. The maximum Gasteiger partial charge on any atom is 0.226 e. The van der Waals surface area contributed by atoms with Gasteiger partial charge < -0.3 is 10.2 Å². The van der Waals surface area contributed by atoms with Crippen LogP contribution in [0.25, 0.3) is 0 Å². The first-order valence-electron chi connectivity index (χ1n) is 7.36. The van der Waals surface area contributed by atoms with E-state index in [1.807, 2.05) is 31.2 Å². The third-order valence-electron chi connectivity index (χ3n) is 3.38. The van der Waals surface area contributed by atoms with E-state index in [1.54, 1.807) is 4.90 Å². The maximum atomic E-state index is 12.8. The first-order valence-corrected chi connectivity index (χ1v) is 7.36. The Morgan fingerprint density at radius 3 is 2.43 bits per heavy atom. The van der Waals surface area contributed by atoms with Crippen LogP contribution in [0.5, 0.6) is 0 Å². The Balaban J connectivity index is 1.97. The van der Waals surface area contributed by atoms with Crippen molar-refractivity contribution in [3.63, 3.8) is 0 Å². The second kappa shape index (κ2) is 7.54. The lowest BCUT2D eigenvalue weighted by Crippen LogP contribution is -2.32. The molecule has 0 aliphatic heterocycles. The van der Waals surface area contributed by atoms with Crippen LogP contribution in [-0.2, 0) is 9.59 Å². The molecule has 2 amide bonds. The van der Waals surface area contributed by atoms with E-state index in [2.05, 4.69) is 5.32 Å². The van der Waals surface area contributed by atoms with Gasteiger partial charge in [-0.1, -0.05) is 12.1 Å². The Kier molecular flexibility index (Phi) is 5.46. The van der Waals surface area contributed by atoms with Crippen LogP contribution in [-0.4, -0.2) is 18.4 Å². The molecule has 0 heterocycles. The molecule has 0 unspecified atom stereocenters. The molecule has 0 fully saturated rings. The number of benzene rings is 2. The van der Waals surface area contributed by atoms with Crippen molar-refractivity contribution < 1.29 is 14.0 Å². The average Bonchev–Trinajstić information content (AvgIpc) is 2.49. The van der Waals surface area contributed by atoms with E-state index in [9.17, 15) is 14.0 Å². The summed E-state index contributed by atoms with van der Waals surface area (Å²) in [5.74, 6) is -0.703. The summed E-state index contributed by atoms with van der Waals surface area (Å²) in [5, 5.41) is 2.68. The van der Waals surface area contributed by atoms with Gasteiger partial charge in [0, 0.05) is 31.3 Å². The van der Waals surface area contributed by atoms with Crippen LogP contribution in [0.3, 0.4) is 0 Å². The number of halogens is 1. The van der Waals surface area contributed by atoms with Crippen molar-refractivity contribution in [2.45, 2.75) is 20.3 Å². The molecule has 0 saturated heterocycles. The number of hydrogen-bond donors (Lipinski definition) is 1. The Morgan fingerprint density at radius 2 is 1.83 bits per heavy atom. The number of nitrogens with one attached hydrogen (secondary N) is 1. The van der Waals surface area contributed by atoms with Gasteiger partial charge in [0.1, 0.15) is 5.82 Å². The first kappa shape index (κ1) is 16.7. The number of carbonyl (C=O) groups excluding carboxylic acids is 2. The summed E-state index contributed by atoms with van der Waals surface area (Å²) >= 11 is 0. The van der Waals surface area contributed by atoms with Crippen LogP contribution < -0.4 is 10.2 Å². The van der Waals surface area contributed by atoms with E-state index in [1.165, 1.54) is 31.2 Å². The molecular weight excluding hydrogens is 295 g/mol. The highest BCUT2D eigenvalue weighted by Crippen LogP contribution is 2.17. The van der Waals surface area contributed by atoms with Gasteiger partial charge in [0.05, 0.1) is 0 Å². The Morgan fingerprint density at radius 1 is 1.13 bits per heavy atom. The number of carbonyl (C=O) groups is 2. The molecule has 23 heavy (non-hydrogen) atoms. The van der Waals surface area contributed by atoms with Gasteiger partial charge in [-0.2, -0.15) is 0 Å². The summed E-state index contributed by atoms with van der Waals surface area (Å²) in [6.07, 6.45) is 0.158. The predicted molar refractivity (Wildman–Crippen MR) is 88.9 cm³/mol. The molecule has 0 bridgehead atoms. The number of aryl methyl sites for hydroxylation is 1. The van der Waals surface area contributed by atoms with E-state index >= 15 is 0 Å². The zero-order chi connectivity index (χ0) is 16.8. The van der Waals surface area contributed by atoms with Gasteiger partial charge in [-0.3, -0.25) is 9.59 Å². The highest BCUT2D eigenvalue weighted by Gasteiger charge is 2.13. The lowest BCUT2D eigenvalue weighted by Gasteiger charge is -2.21. The van der Waals surface area contributed by atoms with Crippen LogP contribution >= 0.6 is 0 Å². The minimum absolute atomic E-state index is 0.120. The maximum absolute atomic E-state index is 12.8. The van der Waals surface area contributed by atoms with Gasteiger partial charge in [-0.25, -0.2) is 4.39 Å². The summed E-state index contributed by atoms with van der Waals surface area (Å²) in [6, 6.07) is 13.1. The molecule has 5 heteroatoms. The molecule has 4 nitrogen and oxygen atoms in total. The molecule has 1 N–H and O–H groups in total. The van der Waals surface area contributed by atoms with Crippen LogP contribution in [0, 0.1) is 12.7 Å². The highest BCUT2D eigenvalue weighted by molar-refractivity contribution is 5.94. The quantitative estimate of drug-likeness (QED) is 0.918. The summed E-state index contributed by atoms with van der Waals surface area (Å²) in [6.45, 7) is 3.70. The number of nitrogens with zero attached hydrogens (tertiary/aromatic N) is 1. The second-order valence-corrected chi connectivity index (χ2v) is 5.31. The lowest BCUT2D eigenvalue weighted by molar-refractivity contribution is -0.117. The van der Waals surface area contributed by atoms with Crippen LogP contribution in [0.4, 0.5) is 15.8 Å². The minimum atomic E-state index is -0.356. The second-order valence-electron chi connectivity index (χ2n) is 5.31. The number of rotatable bonds is 5. The molecule has 0 aliphatic carbocycles. The number of hydrogen-bond acceptors (Lipinski definition) is 2. The molecular formula is C18H19FN2O2. The van der Waals surface area contributed by atoms with Gasteiger partial charge >= 0.3 is 0 Å². The van der Waals surface area contributed by atoms with Crippen molar-refractivity contribution in [3.05, 3.63) is 59.9 Å². The molecule has 0 aliphatic rings. The summed E-state index contributed by atoms with van der Waals surface area (Å²) in [4.78, 5) is 25.4. The fourth-order valence-electron chi connectivity index (χ4n) is 2.23. The van der Waals surface area contributed by atoms with Crippen molar-refractivity contribution in [3.8, 4) is 0 Å². The Hall–Kier alpha value is -2.69. The molecule has 2 aromatic rings. The average molecular weight is 314 g/mol. The highest BCUT2D eigenvalue weighted by atomic mass is 19.1. The van der Waals surface area contributed by atoms with Crippen LogP contribution in [0.1, 0.15) is 18.9 Å². The van der Waals surface area contributed by atoms with E-state index < -0.39 is 0 Å². The van der Waals surface area contributed by atoms with E-state index in [0.717, 1.165) is 11.3 Å². The van der Waals surface area contributed by atoms with Crippen LogP contribution in [0.2, 0.25) is 0 Å².